The largest absolute Gasteiger partial charge is 0.296 e. The molecular weight excluding hydrogens is 337 g/mol. The number of aromatic nitrogens is 2. The van der Waals surface area contributed by atoms with E-state index in [9.17, 15) is 4.79 Å². The molecule has 2 aromatic rings. The molecule has 1 N–H and O–H groups in total. The van der Waals surface area contributed by atoms with E-state index in [0.717, 1.165) is 4.34 Å². The summed E-state index contributed by atoms with van der Waals surface area (Å²) in [6, 6.07) is 4.71. The molecule has 2 rings (SSSR count). The number of benzene rings is 1. The van der Waals surface area contributed by atoms with E-state index in [0.29, 0.717) is 26.0 Å². The van der Waals surface area contributed by atoms with Gasteiger partial charge in [-0.1, -0.05) is 60.1 Å². The van der Waals surface area contributed by atoms with Crippen molar-refractivity contribution in [2.45, 2.75) is 23.4 Å². The Kier molecular flexibility index (Phi) is 5.26. The Labute approximate surface area is 134 Å². The van der Waals surface area contributed by atoms with Gasteiger partial charge in [-0.25, -0.2) is 0 Å². The zero-order chi connectivity index (χ0) is 14.7. The van der Waals surface area contributed by atoms with E-state index in [4.69, 9.17) is 23.2 Å². The zero-order valence-corrected chi connectivity index (χ0v) is 13.8. The van der Waals surface area contributed by atoms with Gasteiger partial charge in [0.2, 0.25) is 5.13 Å². The molecule has 1 aromatic heterocycles. The van der Waals surface area contributed by atoms with Crippen molar-refractivity contribution in [1.29, 1.82) is 0 Å². The summed E-state index contributed by atoms with van der Waals surface area (Å²) in [7, 11) is 0. The Morgan fingerprint density at radius 2 is 2.05 bits per heavy atom. The second kappa shape index (κ2) is 6.76. The van der Waals surface area contributed by atoms with E-state index in [2.05, 4.69) is 29.4 Å². The molecule has 0 unspecified atom stereocenters. The summed E-state index contributed by atoms with van der Waals surface area (Å²) in [4.78, 5) is 12.0. The monoisotopic (exact) mass is 347 g/mol. The van der Waals surface area contributed by atoms with Crippen LogP contribution in [0.1, 0.15) is 24.2 Å². The van der Waals surface area contributed by atoms with Crippen LogP contribution in [0.25, 0.3) is 0 Å². The summed E-state index contributed by atoms with van der Waals surface area (Å²) < 4.78 is 0.824. The van der Waals surface area contributed by atoms with Crippen LogP contribution in [0.15, 0.2) is 22.5 Å². The van der Waals surface area contributed by atoms with Gasteiger partial charge in [-0.2, -0.15) is 0 Å². The number of nitrogens with zero attached hydrogens (tertiary/aromatic N) is 2. The molecule has 1 amide bonds. The van der Waals surface area contributed by atoms with E-state index in [1.54, 1.807) is 23.9 Å². The van der Waals surface area contributed by atoms with Gasteiger partial charge in [-0.3, -0.25) is 10.1 Å². The third kappa shape index (κ3) is 4.09. The molecule has 0 aliphatic heterocycles. The normalized spacial score (nSPS) is 10.8. The summed E-state index contributed by atoms with van der Waals surface area (Å²) in [5.74, 6) is -0.291. The molecule has 0 saturated carbocycles. The first kappa shape index (κ1) is 15.6. The topological polar surface area (TPSA) is 54.9 Å². The Morgan fingerprint density at radius 3 is 2.70 bits per heavy atom. The summed E-state index contributed by atoms with van der Waals surface area (Å²) >= 11 is 14.6. The van der Waals surface area contributed by atoms with Crippen molar-refractivity contribution >= 4 is 57.3 Å². The van der Waals surface area contributed by atoms with Gasteiger partial charge in [-0.05, 0) is 18.2 Å². The van der Waals surface area contributed by atoms with Crippen molar-refractivity contribution in [3.63, 3.8) is 0 Å². The number of halogens is 2. The highest BCUT2D eigenvalue weighted by Crippen LogP contribution is 2.29. The SMILES string of the molecule is CC(C)Sc1nnc(NC(=O)c2ccc(Cl)c(Cl)c2)s1. The lowest BCUT2D eigenvalue weighted by molar-refractivity contribution is 0.102. The van der Waals surface area contributed by atoms with Crippen LogP contribution in [0.5, 0.6) is 0 Å². The molecule has 0 aliphatic carbocycles. The molecule has 0 fully saturated rings. The van der Waals surface area contributed by atoms with Gasteiger partial charge in [-0.15, -0.1) is 10.2 Å². The molecule has 0 atom stereocenters. The summed E-state index contributed by atoms with van der Waals surface area (Å²) in [6.07, 6.45) is 0. The van der Waals surface area contributed by atoms with Crippen molar-refractivity contribution in [1.82, 2.24) is 10.2 Å². The first-order chi connectivity index (χ1) is 9.45. The molecule has 0 saturated heterocycles. The van der Waals surface area contributed by atoms with Gasteiger partial charge in [0.1, 0.15) is 0 Å². The Bertz CT molecular complexity index is 631. The number of amides is 1. The number of hydrogen-bond acceptors (Lipinski definition) is 5. The Hall–Kier alpha value is -0.820. The molecule has 0 spiro atoms. The lowest BCUT2D eigenvalue weighted by atomic mass is 10.2. The number of hydrogen-bond donors (Lipinski definition) is 1. The maximum absolute atomic E-state index is 12.0. The molecule has 1 aromatic carbocycles. The fourth-order valence-corrected chi connectivity index (χ4v) is 3.58. The van der Waals surface area contributed by atoms with E-state index >= 15 is 0 Å². The lowest BCUT2D eigenvalue weighted by Gasteiger charge is -2.02. The van der Waals surface area contributed by atoms with Gasteiger partial charge in [0.05, 0.1) is 10.0 Å². The fourth-order valence-electron chi connectivity index (χ4n) is 1.32. The van der Waals surface area contributed by atoms with Gasteiger partial charge >= 0.3 is 0 Å². The van der Waals surface area contributed by atoms with Crippen molar-refractivity contribution in [3.8, 4) is 0 Å². The average Bonchev–Trinajstić information content (AvgIpc) is 2.79. The van der Waals surface area contributed by atoms with Crippen LogP contribution in [0, 0.1) is 0 Å². The fraction of sp³-hybridized carbons (Fsp3) is 0.250. The van der Waals surface area contributed by atoms with Crippen LogP contribution < -0.4 is 5.32 Å². The number of rotatable bonds is 4. The number of nitrogens with one attached hydrogen (secondary N) is 1. The quantitative estimate of drug-likeness (QED) is 0.648. The number of anilines is 1. The van der Waals surface area contributed by atoms with Crippen LogP contribution in [-0.2, 0) is 0 Å². The number of thioether (sulfide) groups is 1. The first-order valence-corrected chi connectivity index (χ1v) is 8.17. The van der Waals surface area contributed by atoms with Gasteiger partial charge in [0.15, 0.2) is 4.34 Å². The molecule has 4 nitrogen and oxygen atoms in total. The predicted octanol–water partition coefficient (Wildman–Crippen LogP) is 4.60. The third-order valence-electron chi connectivity index (χ3n) is 2.15. The number of carbonyl (C=O) groups is 1. The van der Waals surface area contributed by atoms with Crippen molar-refractivity contribution in [2.24, 2.45) is 0 Å². The van der Waals surface area contributed by atoms with Crippen molar-refractivity contribution < 1.29 is 4.79 Å². The molecule has 1 heterocycles. The van der Waals surface area contributed by atoms with Gasteiger partial charge < -0.3 is 0 Å². The van der Waals surface area contributed by atoms with Crippen LogP contribution >= 0.6 is 46.3 Å². The maximum atomic E-state index is 12.0. The second-order valence-corrected chi connectivity index (χ2v) is 7.74. The molecule has 20 heavy (non-hydrogen) atoms. The van der Waals surface area contributed by atoms with E-state index in [-0.39, 0.29) is 5.91 Å². The van der Waals surface area contributed by atoms with E-state index < -0.39 is 0 Å². The van der Waals surface area contributed by atoms with Crippen LogP contribution in [-0.4, -0.2) is 21.4 Å². The van der Waals surface area contributed by atoms with Gasteiger partial charge in [0.25, 0.3) is 5.91 Å². The molecule has 106 valence electrons. The molecule has 0 bridgehead atoms. The van der Waals surface area contributed by atoms with Crippen LogP contribution in [0.3, 0.4) is 0 Å². The zero-order valence-electron chi connectivity index (χ0n) is 10.7. The van der Waals surface area contributed by atoms with Crippen molar-refractivity contribution in [3.05, 3.63) is 33.8 Å². The smallest absolute Gasteiger partial charge is 0.257 e. The van der Waals surface area contributed by atoms with E-state index in [1.807, 2.05) is 0 Å². The molecular formula is C12H11Cl2N3OS2. The van der Waals surface area contributed by atoms with E-state index in [1.165, 1.54) is 17.4 Å². The lowest BCUT2D eigenvalue weighted by Crippen LogP contribution is -2.11. The maximum Gasteiger partial charge on any atom is 0.257 e. The highest BCUT2D eigenvalue weighted by molar-refractivity contribution is 8.01. The van der Waals surface area contributed by atoms with Gasteiger partial charge in [0, 0.05) is 10.8 Å². The molecule has 0 aliphatic rings. The first-order valence-electron chi connectivity index (χ1n) is 5.72. The Balaban J connectivity index is 2.07. The highest BCUT2D eigenvalue weighted by Gasteiger charge is 2.12. The van der Waals surface area contributed by atoms with Crippen molar-refractivity contribution in [2.75, 3.05) is 5.32 Å². The molecule has 0 radical (unpaired) electrons. The standard InChI is InChI=1S/C12H11Cl2N3OS2/c1-6(2)19-12-17-16-11(20-12)15-10(18)7-3-4-8(13)9(14)5-7/h3-6H,1-2H3,(H,15,16,18). The van der Waals surface area contributed by atoms with Crippen LogP contribution in [0.4, 0.5) is 5.13 Å². The average molecular weight is 348 g/mol. The summed E-state index contributed by atoms with van der Waals surface area (Å²) in [5.41, 5.74) is 0.424. The summed E-state index contributed by atoms with van der Waals surface area (Å²) in [5, 5.41) is 12.3. The minimum atomic E-state index is -0.291. The second-order valence-electron chi connectivity index (χ2n) is 4.12. The third-order valence-corrected chi connectivity index (χ3v) is 4.81. The highest BCUT2D eigenvalue weighted by atomic mass is 35.5. The number of carbonyl (C=O) groups excluding carboxylic acids is 1. The minimum absolute atomic E-state index is 0.291. The Morgan fingerprint density at radius 1 is 1.30 bits per heavy atom. The van der Waals surface area contributed by atoms with Crippen LogP contribution in [0.2, 0.25) is 10.0 Å². The summed E-state index contributed by atoms with van der Waals surface area (Å²) in [6.45, 7) is 4.14. The predicted molar refractivity (Wildman–Crippen MR) is 85.3 cm³/mol. The minimum Gasteiger partial charge on any atom is -0.296 e. The molecule has 8 heteroatoms.